The Bertz CT molecular complexity index is 685. The largest absolute Gasteiger partial charge is 0.391 e. The van der Waals surface area contributed by atoms with Crippen LogP contribution in [-0.2, 0) is 4.79 Å². The first kappa shape index (κ1) is 14.6. The van der Waals surface area contributed by atoms with Crippen molar-refractivity contribution >= 4 is 22.8 Å². The van der Waals surface area contributed by atoms with Crippen molar-refractivity contribution in [2.24, 2.45) is 5.92 Å². The van der Waals surface area contributed by atoms with Gasteiger partial charge in [0.1, 0.15) is 11.8 Å². The van der Waals surface area contributed by atoms with E-state index in [2.05, 4.69) is 15.0 Å². The van der Waals surface area contributed by atoms with E-state index in [4.69, 9.17) is 0 Å². The van der Waals surface area contributed by atoms with Gasteiger partial charge in [-0.1, -0.05) is 0 Å². The lowest BCUT2D eigenvalue weighted by atomic mass is 10.0. The topological polar surface area (TPSA) is 82.5 Å². The van der Waals surface area contributed by atoms with Crippen LogP contribution in [0.1, 0.15) is 6.42 Å². The number of amides is 1. The predicted octanol–water partition coefficient (Wildman–Crippen LogP) is 0.300. The molecule has 1 amide bonds. The summed E-state index contributed by atoms with van der Waals surface area (Å²) in [4.78, 5) is 28.3. The zero-order chi connectivity index (χ0) is 15.7. The van der Waals surface area contributed by atoms with Crippen LogP contribution in [0.5, 0.6) is 0 Å². The Morgan fingerprint density at radius 1 is 1.36 bits per heavy atom. The molecular weight excluding hydrogens is 282 g/mol. The molecular formula is C15H19N5O2. The summed E-state index contributed by atoms with van der Waals surface area (Å²) < 4.78 is 0. The van der Waals surface area contributed by atoms with E-state index in [0.29, 0.717) is 25.3 Å². The zero-order valence-electron chi connectivity index (χ0n) is 12.7. The number of anilines is 1. The average molecular weight is 301 g/mol. The number of rotatable bonds is 3. The number of aliphatic hydroxyl groups excluding tert-OH is 1. The summed E-state index contributed by atoms with van der Waals surface area (Å²) in [6.45, 7) is 1.04. The van der Waals surface area contributed by atoms with Crippen molar-refractivity contribution in [3.63, 3.8) is 0 Å². The number of aromatic nitrogens is 3. The highest BCUT2D eigenvalue weighted by molar-refractivity contribution is 5.85. The second kappa shape index (κ2) is 5.84. The number of hydrogen-bond donors (Lipinski definition) is 1. The zero-order valence-corrected chi connectivity index (χ0v) is 12.7. The number of fused-ring (bicyclic) bond motifs is 1. The lowest BCUT2D eigenvalue weighted by Crippen LogP contribution is -2.28. The van der Waals surface area contributed by atoms with Crippen molar-refractivity contribution in [1.29, 1.82) is 0 Å². The van der Waals surface area contributed by atoms with Gasteiger partial charge in [-0.15, -0.1) is 0 Å². The van der Waals surface area contributed by atoms with Crippen LogP contribution >= 0.6 is 0 Å². The van der Waals surface area contributed by atoms with Crippen LogP contribution in [-0.4, -0.2) is 64.2 Å². The first-order valence-electron chi connectivity index (χ1n) is 7.25. The van der Waals surface area contributed by atoms with E-state index >= 15 is 0 Å². The predicted molar refractivity (Wildman–Crippen MR) is 82.4 cm³/mol. The number of pyridine rings is 1. The minimum atomic E-state index is -0.544. The smallest absolute Gasteiger partial charge is 0.222 e. The van der Waals surface area contributed by atoms with E-state index in [1.54, 1.807) is 25.2 Å². The Kier molecular flexibility index (Phi) is 3.89. The van der Waals surface area contributed by atoms with Crippen LogP contribution in [0, 0.1) is 5.92 Å². The molecule has 3 heterocycles. The van der Waals surface area contributed by atoms with Crippen molar-refractivity contribution in [2.45, 2.75) is 12.5 Å². The molecule has 0 aliphatic carbocycles. The van der Waals surface area contributed by atoms with E-state index in [0.717, 1.165) is 11.0 Å². The third-order valence-electron chi connectivity index (χ3n) is 4.02. The summed E-state index contributed by atoms with van der Waals surface area (Å²) in [6, 6.07) is 3.71. The number of carbonyl (C=O) groups is 1. The molecule has 2 aromatic heterocycles. The van der Waals surface area contributed by atoms with Crippen LogP contribution in [0.15, 0.2) is 24.7 Å². The highest BCUT2D eigenvalue weighted by Crippen LogP contribution is 2.28. The van der Waals surface area contributed by atoms with Crippen LogP contribution in [0.2, 0.25) is 0 Å². The Labute approximate surface area is 128 Å². The molecule has 116 valence electrons. The third kappa shape index (κ3) is 2.71. The molecule has 1 fully saturated rings. The van der Waals surface area contributed by atoms with Gasteiger partial charge >= 0.3 is 0 Å². The van der Waals surface area contributed by atoms with Gasteiger partial charge in [-0.05, 0) is 12.1 Å². The molecule has 0 spiro atoms. The van der Waals surface area contributed by atoms with Gasteiger partial charge < -0.3 is 14.9 Å². The average Bonchev–Trinajstić information content (AvgIpc) is 2.87. The lowest BCUT2D eigenvalue weighted by molar-refractivity contribution is -0.130. The second-order valence-corrected chi connectivity index (χ2v) is 5.79. The fraction of sp³-hybridized carbons (Fsp3) is 0.467. The quantitative estimate of drug-likeness (QED) is 0.878. The Morgan fingerprint density at radius 2 is 2.18 bits per heavy atom. The number of β-amino-alcohol motifs (C(OH)–C–C–N with tert-alkyl or cyclic N) is 1. The summed E-state index contributed by atoms with van der Waals surface area (Å²) in [5.41, 5.74) is 1.49. The van der Waals surface area contributed by atoms with Gasteiger partial charge in [0.2, 0.25) is 5.91 Å². The van der Waals surface area contributed by atoms with Crippen molar-refractivity contribution < 1.29 is 9.90 Å². The van der Waals surface area contributed by atoms with E-state index < -0.39 is 6.10 Å². The number of nitrogens with zero attached hydrogens (tertiary/aromatic N) is 5. The highest BCUT2D eigenvalue weighted by Gasteiger charge is 2.34. The van der Waals surface area contributed by atoms with Crippen LogP contribution in [0.3, 0.4) is 0 Å². The molecule has 0 bridgehead atoms. The van der Waals surface area contributed by atoms with Gasteiger partial charge in [0.25, 0.3) is 0 Å². The van der Waals surface area contributed by atoms with Crippen LogP contribution < -0.4 is 4.90 Å². The summed E-state index contributed by atoms with van der Waals surface area (Å²) in [5.74, 6) is 0.643. The molecule has 1 saturated heterocycles. The maximum atomic E-state index is 11.9. The molecule has 0 unspecified atom stereocenters. The summed E-state index contributed by atoms with van der Waals surface area (Å²) in [6.07, 6.45) is 3.00. The minimum absolute atomic E-state index is 0.0246. The van der Waals surface area contributed by atoms with Crippen molar-refractivity contribution in [2.75, 3.05) is 32.1 Å². The molecule has 2 atom stereocenters. The molecule has 7 nitrogen and oxygen atoms in total. The normalized spacial score (nSPS) is 21.3. The third-order valence-corrected chi connectivity index (χ3v) is 4.02. The SMILES string of the molecule is CN(C)C(=O)C[C@@H]1CN(c2ncnc3cccnc23)C[C@H]1O. The molecule has 1 N–H and O–H groups in total. The van der Waals surface area contributed by atoms with Gasteiger partial charge in [0.05, 0.1) is 11.6 Å². The first-order valence-corrected chi connectivity index (χ1v) is 7.25. The standard InChI is InChI=1S/C15H19N5O2/c1-19(2)13(22)6-10-7-20(8-12(10)21)15-14-11(17-9-18-15)4-3-5-16-14/h3-5,9-10,12,21H,6-8H2,1-2H3/t10-,12-/m1/s1. The molecule has 22 heavy (non-hydrogen) atoms. The number of hydrogen-bond acceptors (Lipinski definition) is 6. The molecule has 3 rings (SSSR count). The van der Waals surface area contributed by atoms with Crippen molar-refractivity contribution in [3.05, 3.63) is 24.7 Å². The van der Waals surface area contributed by atoms with Gasteiger partial charge in [0.15, 0.2) is 5.82 Å². The van der Waals surface area contributed by atoms with Gasteiger partial charge in [-0.25, -0.2) is 9.97 Å². The van der Waals surface area contributed by atoms with Crippen LogP contribution in [0.25, 0.3) is 11.0 Å². The Hall–Kier alpha value is -2.28. The molecule has 2 aromatic rings. The van der Waals surface area contributed by atoms with Gasteiger partial charge in [-0.3, -0.25) is 9.78 Å². The molecule has 0 radical (unpaired) electrons. The molecule has 0 saturated carbocycles. The monoisotopic (exact) mass is 301 g/mol. The van der Waals surface area contributed by atoms with E-state index in [1.165, 1.54) is 6.33 Å². The fourth-order valence-corrected chi connectivity index (χ4v) is 2.75. The minimum Gasteiger partial charge on any atom is -0.391 e. The van der Waals surface area contributed by atoms with E-state index in [-0.39, 0.29) is 11.8 Å². The number of aliphatic hydroxyl groups is 1. The Balaban J connectivity index is 1.83. The first-order chi connectivity index (χ1) is 10.6. The number of carbonyl (C=O) groups excluding carboxylic acids is 1. The molecule has 7 heteroatoms. The van der Waals surface area contributed by atoms with E-state index in [1.807, 2.05) is 17.0 Å². The maximum Gasteiger partial charge on any atom is 0.222 e. The van der Waals surface area contributed by atoms with Crippen molar-refractivity contribution in [1.82, 2.24) is 19.9 Å². The van der Waals surface area contributed by atoms with Gasteiger partial charge in [0, 0.05) is 45.7 Å². The molecule has 1 aliphatic rings. The lowest BCUT2D eigenvalue weighted by Gasteiger charge is -2.18. The molecule has 1 aliphatic heterocycles. The van der Waals surface area contributed by atoms with Crippen LogP contribution in [0.4, 0.5) is 5.82 Å². The highest BCUT2D eigenvalue weighted by atomic mass is 16.3. The second-order valence-electron chi connectivity index (χ2n) is 5.79. The van der Waals surface area contributed by atoms with Gasteiger partial charge in [-0.2, -0.15) is 0 Å². The fourth-order valence-electron chi connectivity index (χ4n) is 2.75. The van der Waals surface area contributed by atoms with Crippen molar-refractivity contribution in [3.8, 4) is 0 Å². The summed E-state index contributed by atoms with van der Waals surface area (Å²) >= 11 is 0. The van der Waals surface area contributed by atoms with E-state index in [9.17, 15) is 9.90 Å². The maximum absolute atomic E-state index is 11.9. The summed E-state index contributed by atoms with van der Waals surface area (Å²) in [7, 11) is 3.45. The Morgan fingerprint density at radius 3 is 2.95 bits per heavy atom. The molecule has 0 aromatic carbocycles. The summed E-state index contributed by atoms with van der Waals surface area (Å²) in [5, 5.41) is 10.2.